The number of ether oxygens (including phenoxy) is 1. The van der Waals surface area contributed by atoms with Crippen LogP contribution < -0.4 is 5.32 Å². The first-order chi connectivity index (χ1) is 7.33. The number of benzene rings is 1. The van der Waals surface area contributed by atoms with E-state index in [0.717, 1.165) is 6.54 Å². The fourth-order valence-electron chi connectivity index (χ4n) is 2.13. The summed E-state index contributed by atoms with van der Waals surface area (Å²) < 4.78 is 4.81. The van der Waals surface area contributed by atoms with Crippen molar-refractivity contribution in [2.45, 2.75) is 5.92 Å². The quantitative estimate of drug-likeness (QED) is 0.736. The maximum absolute atomic E-state index is 11.5. The van der Waals surface area contributed by atoms with Crippen LogP contribution in [-0.2, 0) is 9.53 Å². The second-order valence-electron chi connectivity index (χ2n) is 3.81. The van der Waals surface area contributed by atoms with E-state index in [1.54, 1.807) is 0 Å². The van der Waals surface area contributed by atoms with E-state index in [0.29, 0.717) is 6.54 Å². The molecular formula is C12H15NO2. The molecule has 0 amide bonds. The summed E-state index contributed by atoms with van der Waals surface area (Å²) >= 11 is 0. The first-order valence-electron chi connectivity index (χ1n) is 5.16. The van der Waals surface area contributed by atoms with E-state index < -0.39 is 0 Å². The lowest BCUT2D eigenvalue weighted by atomic mass is 9.89. The van der Waals surface area contributed by atoms with Crippen LogP contribution in [0.1, 0.15) is 11.5 Å². The van der Waals surface area contributed by atoms with Gasteiger partial charge in [0, 0.05) is 19.0 Å². The zero-order valence-electron chi connectivity index (χ0n) is 8.77. The Balaban J connectivity index is 2.18. The zero-order valence-corrected chi connectivity index (χ0v) is 8.77. The molecule has 0 unspecified atom stereocenters. The molecule has 80 valence electrons. The normalized spacial score (nSPS) is 25.1. The van der Waals surface area contributed by atoms with Crippen molar-refractivity contribution in [2.75, 3.05) is 20.2 Å². The molecule has 1 N–H and O–H groups in total. The largest absolute Gasteiger partial charge is 0.469 e. The van der Waals surface area contributed by atoms with Crippen molar-refractivity contribution in [3.05, 3.63) is 35.9 Å². The van der Waals surface area contributed by atoms with Gasteiger partial charge in [-0.2, -0.15) is 0 Å². The molecule has 1 aliphatic rings. The number of hydrogen-bond acceptors (Lipinski definition) is 3. The van der Waals surface area contributed by atoms with Crippen molar-refractivity contribution in [1.29, 1.82) is 0 Å². The summed E-state index contributed by atoms with van der Waals surface area (Å²) in [7, 11) is 1.45. The topological polar surface area (TPSA) is 38.3 Å². The smallest absolute Gasteiger partial charge is 0.310 e. The third-order valence-corrected chi connectivity index (χ3v) is 2.95. The minimum atomic E-state index is -0.117. The standard InChI is InChI=1S/C12H15NO2/c1-15-12(14)11-8-13-7-10(11)9-5-3-2-4-6-9/h2-6,10-11,13H,7-8H2,1H3/t10-,11-/m0/s1. The lowest BCUT2D eigenvalue weighted by Crippen LogP contribution is -2.22. The van der Waals surface area contributed by atoms with Gasteiger partial charge < -0.3 is 10.1 Å². The van der Waals surface area contributed by atoms with E-state index in [1.807, 2.05) is 18.2 Å². The summed E-state index contributed by atoms with van der Waals surface area (Å²) in [6.45, 7) is 1.57. The van der Waals surface area contributed by atoms with Crippen molar-refractivity contribution in [3.63, 3.8) is 0 Å². The molecule has 0 radical (unpaired) electrons. The first kappa shape index (κ1) is 10.2. The molecule has 2 rings (SSSR count). The van der Waals surface area contributed by atoms with Crippen LogP contribution in [0.5, 0.6) is 0 Å². The SMILES string of the molecule is COC(=O)[C@H]1CNC[C@H]1c1ccccc1. The van der Waals surface area contributed by atoms with E-state index in [-0.39, 0.29) is 17.8 Å². The summed E-state index contributed by atoms with van der Waals surface area (Å²) in [6.07, 6.45) is 0. The molecule has 0 bridgehead atoms. The van der Waals surface area contributed by atoms with Crippen LogP contribution in [0.25, 0.3) is 0 Å². The van der Waals surface area contributed by atoms with Crippen molar-refractivity contribution < 1.29 is 9.53 Å². The summed E-state index contributed by atoms with van der Waals surface area (Å²) in [6, 6.07) is 10.1. The molecule has 1 aromatic rings. The van der Waals surface area contributed by atoms with E-state index in [9.17, 15) is 4.79 Å². The number of nitrogens with one attached hydrogen (secondary N) is 1. The van der Waals surface area contributed by atoms with Crippen molar-refractivity contribution in [2.24, 2.45) is 5.92 Å². The third-order valence-electron chi connectivity index (χ3n) is 2.95. The van der Waals surface area contributed by atoms with Gasteiger partial charge in [0.15, 0.2) is 0 Å². The minimum Gasteiger partial charge on any atom is -0.469 e. The van der Waals surface area contributed by atoms with Gasteiger partial charge in [-0.1, -0.05) is 30.3 Å². The maximum atomic E-state index is 11.5. The number of esters is 1. The zero-order chi connectivity index (χ0) is 10.7. The predicted molar refractivity (Wildman–Crippen MR) is 57.6 cm³/mol. The van der Waals surface area contributed by atoms with Crippen LogP contribution >= 0.6 is 0 Å². The molecule has 1 heterocycles. The average molecular weight is 205 g/mol. The van der Waals surface area contributed by atoms with E-state index in [4.69, 9.17) is 4.74 Å². The van der Waals surface area contributed by atoms with Crippen LogP contribution in [0.4, 0.5) is 0 Å². The lowest BCUT2D eigenvalue weighted by Gasteiger charge is -2.16. The van der Waals surface area contributed by atoms with Crippen molar-refractivity contribution >= 4 is 5.97 Å². The van der Waals surface area contributed by atoms with Crippen LogP contribution in [-0.4, -0.2) is 26.2 Å². The van der Waals surface area contributed by atoms with Gasteiger partial charge >= 0.3 is 5.97 Å². The maximum Gasteiger partial charge on any atom is 0.310 e. The Hall–Kier alpha value is -1.35. The van der Waals surface area contributed by atoms with Crippen LogP contribution in [0.15, 0.2) is 30.3 Å². The van der Waals surface area contributed by atoms with Gasteiger partial charge in [-0.25, -0.2) is 0 Å². The van der Waals surface area contributed by atoms with E-state index in [2.05, 4.69) is 17.4 Å². The molecule has 0 aliphatic carbocycles. The Morgan fingerprint density at radius 1 is 1.33 bits per heavy atom. The lowest BCUT2D eigenvalue weighted by molar-refractivity contribution is -0.145. The van der Waals surface area contributed by atoms with Gasteiger partial charge in [0.05, 0.1) is 13.0 Å². The molecule has 1 saturated heterocycles. The highest BCUT2D eigenvalue weighted by Gasteiger charge is 2.34. The molecule has 1 aliphatic heterocycles. The molecule has 15 heavy (non-hydrogen) atoms. The van der Waals surface area contributed by atoms with Crippen LogP contribution in [0.3, 0.4) is 0 Å². The molecule has 3 heteroatoms. The Bertz CT molecular complexity index is 337. The van der Waals surface area contributed by atoms with Gasteiger partial charge in [0.25, 0.3) is 0 Å². The fraction of sp³-hybridized carbons (Fsp3) is 0.417. The summed E-state index contributed by atoms with van der Waals surface area (Å²) in [5, 5.41) is 3.24. The monoisotopic (exact) mass is 205 g/mol. The molecule has 0 saturated carbocycles. The molecule has 1 fully saturated rings. The number of rotatable bonds is 2. The summed E-state index contributed by atoms with van der Waals surface area (Å²) in [5.41, 5.74) is 1.21. The molecule has 0 aromatic heterocycles. The fourth-order valence-corrected chi connectivity index (χ4v) is 2.13. The predicted octanol–water partition coefficient (Wildman–Crippen LogP) is 1.16. The number of carbonyl (C=O) groups is 1. The summed E-state index contributed by atoms with van der Waals surface area (Å²) in [5.74, 6) is 0.0879. The van der Waals surface area contributed by atoms with Gasteiger partial charge in [0.1, 0.15) is 0 Å². The molecule has 0 spiro atoms. The first-order valence-corrected chi connectivity index (χ1v) is 5.16. The number of methoxy groups -OCH3 is 1. The van der Waals surface area contributed by atoms with Gasteiger partial charge in [-0.05, 0) is 5.56 Å². The Morgan fingerprint density at radius 3 is 2.73 bits per heavy atom. The molecule has 1 aromatic carbocycles. The number of hydrogen-bond donors (Lipinski definition) is 1. The highest BCUT2D eigenvalue weighted by molar-refractivity contribution is 5.74. The molecular weight excluding hydrogens is 190 g/mol. The van der Waals surface area contributed by atoms with Gasteiger partial charge in [-0.15, -0.1) is 0 Å². The third kappa shape index (κ3) is 2.02. The van der Waals surface area contributed by atoms with Crippen LogP contribution in [0.2, 0.25) is 0 Å². The van der Waals surface area contributed by atoms with Crippen molar-refractivity contribution in [1.82, 2.24) is 5.32 Å². The summed E-state index contributed by atoms with van der Waals surface area (Å²) in [4.78, 5) is 11.5. The Labute approximate surface area is 89.4 Å². The van der Waals surface area contributed by atoms with Crippen molar-refractivity contribution in [3.8, 4) is 0 Å². The minimum absolute atomic E-state index is 0.0441. The van der Waals surface area contributed by atoms with Crippen LogP contribution in [0, 0.1) is 5.92 Å². The second kappa shape index (κ2) is 4.45. The molecule has 2 atom stereocenters. The van der Waals surface area contributed by atoms with E-state index in [1.165, 1.54) is 12.7 Å². The van der Waals surface area contributed by atoms with E-state index >= 15 is 0 Å². The number of carbonyl (C=O) groups excluding carboxylic acids is 1. The molecule has 3 nitrogen and oxygen atoms in total. The van der Waals surface area contributed by atoms with Gasteiger partial charge in [-0.3, -0.25) is 4.79 Å². The second-order valence-corrected chi connectivity index (χ2v) is 3.81. The average Bonchev–Trinajstić information content (AvgIpc) is 2.78. The Kier molecular flexibility index (Phi) is 3.02. The highest BCUT2D eigenvalue weighted by atomic mass is 16.5. The van der Waals surface area contributed by atoms with Gasteiger partial charge in [0.2, 0.25) is 0 Å². The Morgan fingerprint density at radius 2 is 2.07 bits per heavy atom. The highest BCUT2D eigenvalue weighted by Crippen LogP contribution is 2.28.